The number of amides is 2. The third-order valence-corrected chi connectivity index (χ3v) is 10.7. The van der Waals surface area contributed by atoms with Crippen LogP contribution in [-0.2, 0) is 32.6 Å². The van der Waals surface area contributed by atoms with E-state index in [2.05, 4.69) is 5.32 Å². The highest BCUT2D eigenvalue weighted by Gasteiger charge is 2.36. The lowest BCUT2D eigenvalue weighted by molar-refractivity contribution is -0.140. The summed E-state index contributed by atoms with van der Waals surface area (Å²) in [6.45, 7) is 1.27. The number of nitrogens with zero attached hydrogens (tertiary/aromatic N) is 2. The summed E-state index contributed by atoms with van der Waals surface area (Å²) in [5.41, 5.74) is 2.55. The SMILES string of the molecule is Cc1ccc(S(=O)(=O)N(CC(=O)N(Cc2ccccc2Cl)[C@H](Cc2ccccc2)C(=O)NC2CCCC2)c2ccccc2Cl)cc1. The normalized spacial score (nSPS) is 14.1. The van der Waals surface area contributed by atoms with Crippen LogP contribution in [0.2, 0.25) is 10.0 Å². The van der Waals surface area contributed by atoms with Crippen molar-refractivity contribution in [2.75, 3.05) is 10.8 Å². The molecular weight excluding hydrogens is 641 g/mol. The number of benzene rings is 4. The number of carbonyl (C=O) groups is 2. The maximum Gasteiger partial charge on any atom is 0.264 e. The van der Waals surface area contributed by atoms with E-state index in [0.717, 1.165) is 41.1 Å². The molecule has 7 nitrogen and oxygen atoms in total. The van der Waals surface area contributed by atoms with Crippen molar-refractivity contribution >= 4 is 50.7 Å². The second kappa shape index (κ2) is 15.2. The third-order valence-electron chi connectivity index (χ3n) is 8.28. The van der Waals surface area contributed by atoms with Gasteiger partial charge in [0.05, 0.1) is 15.6 Å². The van der Waals surface area contributed by atoms with Gasteiger partial charge in [-0.15, -0.1) is 0 Å². The van der Waals surface area contributed by atoms with Crippen LogP contribution < -0.4 is 9.62 Å². The second-order valence-electron chi connectivity index (χ2n) is 11.6. The Morgan fingerprint density at radius 3 is 2.09 bits per heavy atom. The minimum atomic E-state index is -4.25. The van der Waals surface area contributed by atoms with Crippen LogP contribution in [0.25, 0.3) is 0 Å². The van der Waals surface area contributed by atoms with E-state index in [1.165, 1.54) is 17.0 Å². The van der Waals surface area contributed by atoms with Crippen LogP contribution >= 0.6 is 23.2 Å². The number of para-hydroxylation sites is 1. The van der Waals surface area contributed by atoms with E-state index in [0.29, 0.717) is 10.6 Å². The number of nitrogens with one attached hydrogen (secondary N) is 1. The molecule has 240 valence electrons. The molecule has 10 heteroatoms. The van der Waals surface area contributed by atoms with Gasteiger partial charge in [0, 0.05) is 24.0 Å². The summed E-state index contributed by atoms with van der Waals surface area (Å²) in [6.07, 6.45) is 4.03. The molecule has 0 aromatic heterocycles. The highest BCUT2D eigenvalue weighted by molar-refractivity contribution is 7.92. The molecule has 0 spiro atoms. The van der Waals surface area contributed by atoms with Crippen LogP contribution in [0.3, 0.4) is 0 Å². The van der Waals surface area contributed by atoms with Crippen molar-refractivity contribution < 1.29 is 18.0 Å². The molecule has 4 aromatic carbocycles. The number of anilines is 1. The molecule has 4 aromatic rings. The van der Waals surface area contributed by atoms with Crippen LogP contribution in [0.1, 0.15) is 42.4 Å². The lowest BCUT2D eigenvalue weighted by atomic mass is 10.0. The van der Waals surface area contributed by atoms with Gasteiger partial charge in [-0.1, -0.05) is 114 Å². The number of aryl methyl sites for hydroxylation is 1. The number of halogens is 2. The van der Waals surface area contributed by atoms with Crippen LogP contribution in [-0.4, -0.2) is 43.8 Å². The molecule has 0 aliphatic heterocycles. The maximum absolute atomic E-state index is 14.6. The molecular formula is C36H37Cl2N3O4S. The zero-order valence-corrected chi connectivity index (χ0v) is 27.9. The third kappa shape index (κ3) is 8.10. The van der Waals surface area contributed by atoms with Gasteiger partial charge in [0.2, 0.25) is 11.8 Å². The summed E-state index contributed by atoms with van der Waals surface area (Å²) in [6, 6.07) is 28.6. The first-order valence-electron chi connectivity index (χ1n) is 15.3. The van der Waals surface area contributed by atoms with E-state index < -0.39 is 28.5 Å². The number of hydrogen-bond donors (Lipinski definition) is 1. The second-order valence-corrected chi connectivity index (χ2v) is 14.3. The summed E-state index contributed by atoms with van der Waals surface area (Å²) in [7, 11) is -4.25. The van der Waals surface area contributed by atoms with Gasteiger partial charge >= 0.3 is 0 Å². The fraction of sp³-hybridized carbons (Fsp3) is 0.278. The van der Waals surface area contributed by atoms with Crippen LogP contribution in [0.5, 0.6) is 0 Å². The van der Waals surface area contributed by atoms with Crippen LogP contribution in [0.4, 0.5) is 5.69 Å². The Kier molecular flexibility index (Phi) is 11.0. The summed E-state index contributed by atoms with van der Waals surface area (Å²) in [5, 5.41) is 3.78. The number of carbonyl (C=O) groups excluding carboxylic acids is 2. The minimum Gasteiger partial charge on any atom is -0.352 e. The van der Waals surface area contributed by atoms with Gasteiger partial charge in [0.15, 0.2) is 0 Å². The van der Waals surface area contributed by atoms with Crippen molar-refractivity contribution in [2.24, 2.45) is 0 Å². The molecule has 0 radical (unpaired) electrons. The molecule has 2 amide bonds. The van der Waals surface area contributed by atoms with Crippen LogP contribution in [0, 0.1) is 6.92 Å². The van der Waals surface area contributed by atoms with E-state index in [1.54, 1.807) is 54.6 Å². The van der Waals surface area contributed by atoms with E-state index in [-0.39, 0.29) is 40.5 Å². The van der Waals surface area contributed by atoms with Gasteiger partial charge in [0.1, 0.15) is 12.6 Å². The molecule has 1 fully saturated rings. The van der Waals surface area contributed by atoms with Gasteiger partial charge in [0.25, 0.3) is 10.0 Å². The van der Waals surface area contributed by atoms with Crippen molar-refractivity contribution in [1.82, 2.24) is 10.2 Å². The zero-order valence-electron chi connectivity index (χ0n) is 25.6. The zero-order chi connectivity index (χ0) is 32.7. The van der Waals surface area contributed by atoms with E-state index in [4.69, 9.17) is 23.2 Å². The first-order chi connectivity index (χ1) is 22.1. The Morgan fingerprint density at radius 2 is 1.43 bits per heavy atom. The highest BCUT2D eigenvalue weighted by Crippen LogP contribution is 2.31. The van der Waals surface area contributed by atoms with Crippen molar-refractivity contribution in [2.45, 2.75) is 62.6 Å². The first kappa shape index (κ1) is 33.5. The lowest BCUT2D eigenvalue weighted by Gasteiger charge is -2.34. The van der Waals surface area contributed by atoms with E-state index in [1.807, 2.05) is 43.3 Å². The molecule has 46 heavy (non-hydrogen) atoms. The molecule has 0 saturated heterocycles. The van der Waals surface area contributed by atoms with Gasteiger partial charge < -0.3 is 10.2 Å². The quantitative estimate of drug-likeness (QED) is 0.172. The average molecular weight is 679 g/mol. The van der Waals surface area contributed by atoms with Gasteiger partial charge in [-0.2, -0.15) is 0 Å². The molecule has 1 aliphatic carbocycles. The smallest absolute Gasteiger partial charge is 0.264 e. The summed E-state index contributed by atoms with van der Waals surface area (Å²) >= 11 is 13.1. The summed E-state index contributed by atoms with van der Waals surface area (Å²) in [5.74, 6) is -0.861. The number of rotatable bonds is 12. The highest BCUT2D eigenvalue weighted by atomic mass is 35.5. The predicted molar refractivity (Wildman–Crippen MR) is 183 cm³/mol. The number of sulfonamides is 1. The van der Waals surface area contributed by atoms with Crippen molar-refractivity contribution in [3.8, 4) is 0 Å². The Balaban J connectivity index is 1.58. The van der Waals surface area contributed by atoms with Gasteiger partial charge in [-0.25, -0.2) is 8.42 Å². The van der Waals surface area contributed by atoms with E-state index in [9.17, 15) is 18.0 Å². The fourth-order valence-corrected chi connectivity index (χ4v) is 7.65. The minimum absolute atomic E-state index is 0.00493. The molecule has 0 unspecified atom stereocenters. The molecule has 0 heterocycles. The Labute approximate surface area is 281 Å². The average Bonchev–Trinajstić information content (AvgIpc) is 3.56. The van der Waals surface area contributed by atoms with E-state index >= 15 is 0 Å². The topological polar surface area (TPSA) is 86.8 Å². The van der Waals surface area contributed by atoms with Crippen molar-refractivity contribution in [3.63, 3.8) is 0 Å². The largest absolute Gasteiger partial charge is 0.352 e. The summed E-state index contributed by atoms with van der Waals surface area (Å²) < 4.78 is 29.4. The molecule has 1 N–H and O–H groups in total. The molecule has 1 saturated carbocycles. The maximum atomic E-state index is 14.6. The Morgan fingerprint density at radius 1 is 0.826 bits per heavy atom. The van der Waals surface area contributed by atoms with Gasteiger partial charge in [-0.05, 0) is 61.2 Å². The molecule has 1 aliphatic rings. The Hall–Kier alpha value is -3.85. The van der Waals surface area contributed by atoms with Crippen LogP contribution in [0.15, 0.2) is 108 Å². The first-order valence-corrected chi connectivity index (χ1v) is 17.5. The van der Waals surface area contributed by atoms with Crippen molar-refractivity contribution in [3.05, 3.63) is 130 Å². The molecule has 0 bridgehead atoms. The lowest BCUT2D eigenvalue weighted by Crippen LogP contribution is -2.54. The predicted octanol–water partition coefficient (Wildman–Crippen LogP) is 7.20. The van der Waals surface area contributed by atoms with Gasteiger partial charge in [-0.3, -0.25) is 13.9 Å². The standard InChI is InChI=1S/C36H37Cl2N3O4S/c1-26-19-21-30(22-20-26)46(44,45)41(33-18-10-9-17-32(33)38)25-35(42)40(24-28-13-5-8-16-31(28)37)34(23-27-11-3-2-4-12-27)36(43)39-29-14-6-7-15-29/h2-5,8-13,16-22,29,34H,6-7,14-15,23-25H2,1H3,(H,39,43)/t34-/m1/s1. The monoisotopic (exact) mass is 677 g/mol. The molecule has 5 rings (SSSR count). The summed E-state index contributed by atoms with van der Waals surface area (Å²) in [4.78, 5) is 30.2. The number of hydrogen-bond acceptors (Lipinski definition) is 4. The fourth-order valence-electron chi connectivity index (χ4n) is 5.74. The molecule has 1 atom stereocenters. The Bertz CT molecular complexity index is 1760. The van der Waals surface area contributed by atoms with Crippen molar-refractivity contribution in [1.29, 1.82) is 0 Å².